The lowest BCUT2D eigenvalue weighted by atomic mass is 9.93. The number of hydrogen-bond donors (Lipinski definition) is 3. The summed E-state index contributed by atoms with van der Waals surface area (Å²) >= 11 is 0. The van der Waals surface area contributed by atoms with Gasteiger partial charge in [0.25, 0.3) is 0 Å². The van der Waals surface area contributed by atoms with Crippen LogP contribution in [0.5, 0.6) is 0 Å². The van der Waals surface area contributed by atoms with Crippen molar-refractivity contribution in [2.24, 2.45) is 34.6 Å². The number of rotatable bonds is 6. The first-order valence-electron chi connectivity index (χ1n) is 6.22. The molecule has 98 valence electrons. The van der Waals surface area contributed by atoms with Gasteiger partial charge in [0.05, 0.1) is 0 Å². The Morgan fingerprint density at radius 2 is 2.06 bits per heavy atom. The van der Waals surface area contributed by atoms with E-state index in [2.05, 4.69) is 17.4 Å². The Hall–Kier alpha value is -1.26. The highest BCUT2D eigenvalue weighted by atomic mass is 16.4. The van der Waals surface area contributed by atoms with Crippen LogP contribution in [0.4, 0.5) is 0 Å². The standard InChI is InChI=1S/C12H23N3O2/c1-7(2)10(11(13)15-17)12(16)14-6-8(3)9-4-5-9/h7-10,17H,4-6H2,1-3H3,(H2,13,15)(H,14,16). The van der Waals surface area contributed by atoms with E-state index in [1.807, 2.05) is 13.8 Å². The van der Waals surface area contributed by atoms with Crippen molar-refractivity contribution < 1.29 is 10.0 Å². The van der Waals surface area contributed by atoms with E-state index in [1.165, 1.54) is 12.8 Å². The lowest BCUT2D eigenvalue weighted by Crippen LogP contribution is -2.43. The Morgan fingerprint density at radius 3 is 2.47 bits per heavy atom. The molecule has 1 saturated carbocycles. The molecular weight excluding hydrogens is 218 g/mol. The van der Waals surface area contributed by atoms with Crippen molar-refractivity contribution in [2.45, 2.75) is 33.6 Å². The first-order valence-corrected chi connectivity index (χ1v) is 6.22. The molecule has 0 aromatic rings. The molecule has 1 amide bonds. The van der Waals surface area contributed by atoms with E-state index in [9.17, 15) is 4.79 Å². The summed E-state index contributed by atoms with van der Waals surface area (Å²) in [5, 5.41) is 14.5. The number of nitrogens with two attached hydrogens (primary N) is 1. The average Bonchev–Trinajstić information content (AvgIpc) is 3.08. The number of hydrogen-bond acceptors (Lipinski definition) is 3. The number of oxime groups is 1. The molecule has 2 unspecified atom stereocenters. The van der Waals surface area contributed by atoms with E-state index in [0.717, 1.165) is 5.92 Å². The number of carbonyl (C=O) groups excluding carboxylic acids is 1. The molecule has 1 aliphatic carbocycles. The van der Waals surface area contributed by atoms with E-state index in [4.69, 9.17) is 10.9 Å². The van der Waals surface area contributed by atoms with Crippen LogP contribution in [0.3, 0.4) is 0 Å². The SMILES string of the molecule is CC(C)C(C(=O)NCC(C)C1CC1)C(N)=NO. The van der Waals surface area contributed by atoms with E-state index >= 15 is 0 Å². The van der Waals surface area contributed by atoms with Gasteiger partial charge in [-0.15, -0.1) is 0 Å². The third-order valence-electron chi connectivity index (χ3n) is 3.41. The fraction of sp³-hybridized carbons (Fsp3) is 0.833. The molecule has 17 heavy (non-hydrogen) atoms. The van der Waals surface area contributed by atoms with Crippen LogP contribution in [0.2, 0.25) is 0 Å². The predicted octanol–water partition coefficient (Wildman–Crippen LogP) is 1.17. The van der Waals surface area contributed by atoms with Gasteiger partial charge in [-0.25, -0.2) is 0 Å². The molecule has 0 aliphatic heterocycles. The fourth-order valence-corrected chi connectivity index (χ4v) is 2.04. The first-order chi connectivity index (χ1) is 7.97. The third-order valence-corrected chi connectivity index (χ3v) is 3.41. The van der Waals surface area contributed by atoms with E-state index in [-0.39, 0.29) is 17.7 Å². The summed E-state index contributed by atoms with van der Waals surface area (Å²) in [6, 6.07) is 0. The van der Waals surface area contributed by atoms with Gasteiger partial charge in [-0.1, -0.05) is 25.9 Å². The summed E-state index contributed by atoms with van der Waals surface area (Å²) in [6.07, 6.45) is 2.54. The van der Waals surface area contributed by atoms with Gasteiger partial charge in [-0.2, -0.15) is 0 Å². The summed E-state index contributed by atoms with van der Waals surface area (Å²) in [7, 11) is 0. The molecule has 1 aliphatic rings. The van der Waals surface area contributed by atoms with Crippen LogP contribution in [-0.2, 0) is 4.79 Å². The van der Waals surface area contributed by atoms with Crippen molar-refractivity contribution in [3.05, 3.63) is 0 Å². The van der Waals surface area contributed by atoms with Gasteiger partial charge < -0.3 is 16.3 Å². The molecule has 1 rings (SSSR count). The summed E-state index contributed by atoms with van der Waals surface area (Å²) in [6.45, 7) is 6.58. The van der Waals surface area contributed by atoms with Gasteiger partial charge in [0.2, 0.25) is 5.91 Å². The second-order valence-electron chi connectivity index (χ2n) is 5.31. The summed E-state index contributed by atoms with van der Waals surface area (Å²) in [5.74, 6) is 0.573. The zero-order valence-electron chi connectivity index (χ0n) is 10.8. The van der Waals surface area contributed by atoms with Crippen molar-refractivity contribution in [1.29, 1.82) is 0 Å². The molecule has 0 heterocycles. The molecular formula is C12H23N3O2. The third kappa shape index (κ3) is 3.91. The Labute approximate surface area is 102 Å². The second kappa shape index (κ2) is 5.89. The maximum absolute atomic E-state index is 11.9. The first kappa shape index (κ1) is 13.8. The van der Waals surface area contributed by atoms with Crippen molar-refractivity contribution in [2.75, 3.05) is 6.54 Å². The van der Waals surface area contributed by atoms with Crippen LogP contribution in [-0.4, -0.2) is 23.5 Å². The smallest absolute Gasteiger partial charge is 0.231 e. The molecule has 1 fully saturated rings. The number of amides is 1. The monoisotopic (exact) mass is 241 g/mol. The molecule has 0 bridgehead atoms. The molecule has 0 aromatic carbocycles. The van der Waals surface area contributed by atoms with Gasteiger partial charge in [-0.3, -0.25) is 4.79 Å². The van der Waals surface area contributed by atoms with Gasteiger partial charge in [0.15, 0.2) is 5.84 Å². The van der Waals surface area contributed by atoms with Gasteiger partial charge >= 0.3 is 0 Å². The molecule has 5 nitrogen and oxygen atoms in total. The summed E-state index contributed by atoms with van der Waals surface area (Å²) < 4.78 is 0. The zero-order valence-corrected chi connectivity index (χ0v) is 10.8. The van der Waals surface area contributed by atoms with E-state index in [1.54, 1.807) is 0 Å². The Kier molecular flexibility index (Phi) is 4.78. The van der Waals surface area contributed by atoms with E-state index < -0.39 is 5.92 Å². The van der Waals surface area contributed by atoms with Crippen LogP contribution in [0, 0.1) is 23.7 Å². The van der Waals surface area contributed by atoms with Crippen LogP contribution in [0.15, 0.2) is 5.16 Å². The van der Waals surface area contributed by atoms with Gasteiger partial charge in [0, 0.05) is 6.54 Å². The van der Waals surface area contributed by atoms with Crippen molar-refractivity contribution >= 4 is 11.7 Å². The normalized spacial score (nSPS) is 20.1. The van der Waals surface area contributed by atoms with Crippen LogP contribution in [0.25, 0.3) is 0 Å². The van der Waals surface area contributed by atoms with Gasteiger partial charge in [0.1, 0.15) is 5.92 Å². The highest BCUT2D eigenvalue weighted by Gasteiger charge is 2.30. The molecule has 0 radical (unpaired) electrons. The van der Waals surface area contributed by atoms with Crippen LogP contribution in [0.1, 0.15) is 33.6 Å². The highest BCUT2D eigenvalue weighted by Crippen LogP contribution is 2.36. The molecule has 5 heteroatoms. The number of nitrogens with zero attached hydrogens (tertiary/aromatic N) is 1. The van der Waals surface area contributed by atoms with Gasteiger partial charge in [-0.05, 0) is 30.6 Å². The highest BCUT2D eigenvalue weighted by molar-refractivity contribution is 6.02. The number of nitrogens with one attached hydrogen (secondary N) is 1. The van der Waals surface area contributed by atoms with Crippen molar-refractivity contribution in [3.63, 3.8) is 0 Å². The maximum Gasteiger partial charge on any atom is 0.231 e. The van der Waals surface area contributed by atoms with Crippen molar-refractivity contribution in [3.8, 4) is 0 Å². The number of carbonyl (C=O) groups is 1. The molecule has 0 saturated heterocycles. The minimum atomic E-state index is -0.550. The van der Waals surface area contributed by atoms with Crippen molar-refractivity contribution in [1.82, 2.24) is 5.32 Å². The fourth-order valence-electron chi connectivity index (χ4n) is 2.04. The quantitative estimate of drug-likeness (QED) is 0.282. The Morgan fingerprint density at radius 1 is 1.47 bits per heavy atom. The topological polar surface area (TPSA) is 87.7 Å². The average molecular weight is 241 g/mol. The molecule has 2 atom stereocenters. The zero-order chi connectivity index (χ0) is 13.0. The lowest BCUT2D eigenvalue weighted by Gasteiger charge is -2.20. The molecule has 0 aromatic heterocycles. The Balaban J connectivity index is 2.47. The Bertz CT molecular complexity index is 298. The minimum Gasteiger partial charge on any atom is -0.409 e. The van der Waals surface area contributed by atoms with Crippen LogP contribution >= 0.6 is 0 Å². The predicted molar refractivity (Wildman–Crippen MR) is 66.6 cm³/mol. The summed E-state index contributed by atoms with van der Waals surface area (Å²) in [4.78, 5) is 11.9. The second-order valence-corrected chi connectivity index (χ2v) is 5.31. The van der Waals surface area contributed by atoms with Crippen LogP contribution < -0.4 is 11.1 Å². The molecule has 4 N–H and O–H groups in total. The van der Waals surface area contributed by atoms with E-state index in [0.29, 0.717) is 12.5 Å². The molecule has 0 spiro atoms. The number of amidine groups is 1. The minimum absolute atomic E-state index is 0.0159. The summed E-state index contributed by atoms with van der Waals surface area (Å²) in [5.41, 5.74) is 5.54. The lowest BCUT2D eigenvalue weighted by molar-refractivity contribution is -0.124. The largest absolute Gasteiger partial charge is 0.409 e. The maximum atomic E-state index is 11.9.